The van der Waals surface area contributed by atoms with E-state index >= 15 is 0 Å². The predicted molar refractivity (Wildman–Crippen MR) is 125 cm³/mol. The Balaban J connectivity index is 1.25. The maximum atomic E-state index is 12.4. The van der Waals surface area contributed by atoms with Gasteiger partial charge in [0.2, 0.25) is 11.0 Å². The highest BCUT2D eigenvalue weighted by Gasteiger charge is 2.11. The van der Waals surface area contributed by atoms with Gasteiger partial charge in [0.05, 0.1) is 17.7 Å². The van der Waals surface area contributed by atoms with E-state index in [1.807, 2.05) is 56.3 Å². The number of aryl methyl sites for hydroxylation is 2. The number of hydrogen-bond donors (Lipinski definition) is 1. The van der Waals surface area contributed by atoms with E-state index in [4.69, 9.17) is 9.26 Å². The van der Waals surface area contributed by atoms with Crippen molar-refractivity contribution >= 4 is 34.1 Å². The second kappa shape index (κ2) is 10.4. The number of carbonyl (C=O) groups excluding carboxylic acids is 1. The zero-order chi connectivity index (χ0) is 22.3. The number of benzene rings is 2. The topological polar surface area (TPSA) is 90.1 Å². The van der Waals surface area contributed by atoms with Gasteiger partial charge in [0, 0.05) is 5.75 Å². The number of nitrogens with zero attached hydrogens (tertiary/aromatic N) is 3. The number of thioether (sulfide) groups is 1. The lowest BCUT2D eigenvalue weighted by molar-refractivity contribution is -0.115. The molecule has 32 heavy (non-hydrogen) atoms. The average Bonchev–Trinajstić information content (AvgIpc) is 3.38. The summed E-state index contributed by atoms with van der Waals surface area (Å²) in [4.78, 5) is 12.4. The van der Waals surface area contributed by atoms with Gasteiger partial charge in [-0.15, -0.1) is 10.2 Å². The minimum Gasteiger partial charge on any atom is -0.489 e. The Kier molecular flexibility index (Phi) is 7.18. The van der Waals surface area contributed by atoms with Gasteiger partial charge in [0.25, 0.3) is 0 Å². The first-order chi connectivity index (χ1) is 15.6. The number of nitrogens with one attached hydrogen (secondary N) is 1. The van der Waals surface area contributed by atoms with Gasteiger partial charge in [0.1, 0.15) is 18.1 Å². The minimum atomic E-state index is -0.134. The van der Waals surface area contributed by atoms with Crippen LogP contribution in [0.4, 0.5) is 5.13 Å². The van der Waals surface area contributed by atoms with Crippen molar-refractivity contribution in [1.29, 1.82) is 0 Å². The fourth-order valence-corrected chi connectivity index (χ4v) is 4.68. The largest absolute Gasteiger partial charge is 0.489 e. The lowest BCUT2D eigenvalue weighted by Crippen LogP contribution is -2.14. The first-order valence-corrected chi connectivity index (χ1v) is 11.8. The zero-order valence-electron chi connectivity index (χ0n) is 17.7. The van der Waals surface area contributed by atoms with Crippen molar-refractivity contribution in [2.24, 2.45) is 0 Å². The van der Waals surface area contributed by atoms with Crippen LogP contribution in [-0.4, -0.2) is 21.3 Å². The predicted octanol–water partition coefficient (Wildman–Crippen LogP) is 5.20. The molecule has 4 rings (SSSR count). The highest BCUT2D eigenvalue weighted by molar-refractivity contribution is 8.00. The van der Waals surface area contributed by atoms with Crippen LogP contribution in [0.2, 0.25) is 0 Å². The Labute approximate surface area is 194 Å². The normalized spacial score (nSPS) is 10.8. The summed E-state index contributed by atoms with van der Waals surface area (Å²) in [6, 6.07) is 17.6. The number of hydrogen-bond acceptors (Lipinski definition) is 8. The SMILES string of the molecule is Cc1noc(C)c1COc1ccc(CC(=O)Nc2nnc(SCc3ccccc3)s2)cc1. The van der Waals surface area contributed by atoms with Crippen molar-refractivity contribution in [2.45, 2.75) is 37.0 Å². The van der Waals surface area contributed by atoms with Crippen LogP contribution in [0.15, 0.2) is 63.5 Å². The van der Waals surface area contributed by atoms with Crippen molar-refractivity contribution in [3.05, 3.63) is 82.7 Å². The molecule has 164 valence electrons. The standard InChI is InChI=1S/C23H22N4O3S2/c1-15-20(16(2)30-27-15)13-29-19-10-8-17(9-11-19)12-21(28)24-22-25-26-23(32-22)31-14-18-6-4-3-5-7-18/h3-11H,12-14H2,1-2H3,(H,24,25,28). The van der Waals surface area contributed by atoms with Gasteiger partial charge in [-0.2, -0.15) is 0 Å². The van der Waals surface area contributed by atoms with Crippen LogP contribution in [0.3, 0.4) is 0 Å². The number of carbonyl (C=O) groups is 1. The van der Waals surface area contributed by atoms with Crippen LogP contribution < -0.4 is 10.1 Å². The highest BCUT2D eigenvalue weighted by Crippen LogP contribution is 2.28. The summed E-state index contributed by atoms with van der Waals surface area (Å²) in [6.07, 6.45) is 0.246. The van der Waals surface area contributed by atoms with Crippen molar-refractivity contribution in [2.75, 3.05) is 5.32 Å². The van der Waals surface area contributed by atoms with Crippen molar-refractivity contribution in [3.63, 3.8) is 0 Å². The molecular formula is C23H22N4O3S2. The quantitative estimate of drug-likeness (QED) is 0.268. The minimum absolute atomic E-state index is 0.134. The van der Waals surface area contributed by atoms with E-state index in [-0.39, 0.29) is 12.3 Å². The molecule has 0 fully saturated rings. The summed E-state index contributed by atoms with van der Waals surface area (Å²) >= 11 is 2.98. The molecule has 1 N–H and O–H groups in total. The second-order valence-corrected chi connectivity index (χ2v) is 9.31. The van der Waals surface area contributed by atoms with Crippen LogP contribution in [0.1, 0.15) is 28.1 Å². The summed E-state index contributed by atoms with van der Waals surface area (Å²) in [5, 5.41) is 15.5. The summed E-state index contributed by atoms with van der Waals surface area (Å²) in [5.41, 5.74) is 3.88. The third-order valence-electron chi connectivity index (χ3n) is 4.71. The van der Waals surface area contributed by atoms with Gasteiger partial charge in [0.15, 0.2) is 4.34 Å². The third kappa shape index (κ3) is 5.95. The smallest absolute Gasteiger partial charge is 0.230 e. The number of amides is 1. The summed E-state index contributed by atoms with van der Waals surface area (Å²) < 4.78 is 11.8. The fraction of sp³-hybridized carbons (Fsp3) is 0.217. The molecule has 0 aliphatic carbocycles. The molecule has 0 atom stereocenters. The second-order valence-electron chi connectivity index (χ2n) is 7.11. The number of aromatic nitrogens is 3. The van der Waals surface area contributed by atoms with Crippen LogP contribution in [0.25, 0.3) is 0 Å². The van der Waals surface area contributed by atoms with Crippen LogP contribution in [0.5, 0.6) is 5.75 Å². The highest BCUT2D eigenvalue weighted by atomic mass is 32.2. The molecule has 0 spiro atoms. The van der Waals surface area contributed by atoms with Crippen LogP contribution in [0, 0.1) is 13.8 Å². The zero-order valence-corrected chi connectivity index (χ0v) is 19.3. The lowest BCUT2D eigenvalue weighted by atomic mass is 10.1. The van der Waals surface area contributed by atoms with Crippen molar-refractivity contribution < 1.29 is 14.1 Å². The van der Waals surface area contributed by atoms with Crippen LogP contribution in [-0.2, 0) is 23.6 Å². The van der Waals surface area contributed by atoms with E-state index in [0.717, 1.165) is 38.4 Å². The first-order valence-electron chi connectivity index (χ1n) is 10.0. The molecule has 0 saturated heterocycles. The first kappa shape index (κ1) is 22.0. The Hall–Kier alpha value is -3.17. The molecule has 0 radical (unpaired) electrons. The van der Waals surface area contributed by atoms with E-state index in [1.165, 1.54) is 16.9 Å². The van der Waals surface area contributed by atoms with Gasteiger partial charge < -0.3 is 14.6 Å². The molecule has 2 aromatic carbocycles. The molecule has 2 heterocycles. The maximum absolute atomic E-state index is 12.4. The molecule has 0 bridgehead atoms. The molecule has 0 saturated carbocycles. The van der Waals surface area contributed by atoms with E-state index in [9.17, 15) is 4.79 Å². The fourth-order valence-electron chi connectivity index (χ4n) is 2.95. The molecule has 4 aromatic rings. The lowest BCUT2D eigenvalue weighted by Gasteiger charge is -2.07. The number of anilines is 1. The van der Waals surface area contributed by atoms with Crippen molar-refractivity contribution in [3.8, 4) is 5.75 Å². The van der Waals surface area contributed by atoms with E-state index in [2.05, 4.69) is 32.8 Å². The van der Waals surface area contributed by atoms with Gasteiger partial charge in [-0.3, -0.25) is 4.79 Å². The van der Waals surface area contributed by atoms with Gasteiger partial charge in [-0.25, -0.2) is 0 Å². The summed E-state index contributed by atoms with van der Waals surface area (Å²) in [5.74, 6) is 2.16. The number of ether oxygens (including phenoxy) is 1. The van der Waals surface area contributed by atoms with Gasteiger partial charge in [-0.05, 0) is 37.1 Å². The van der Waals surface area contributed by atoms with E-state index in [0.29, 0.717) is 11.7 Å². The monoisotopic (exact) mass is 466 g/mol. The number of rotatable bonds is 9. The Morgan fingerprint density at radius 3 is 2.56 bits per heavy atom. The Morgan fingerprint density at radius 1 is 1.06 bits per heavy atom. The van der Waals surface area contributed by atoms with E-state index < -0.39 is 0 Å². The van der Waals surface area contributed by atoms with Gasteiger partial charge in [-0.1, -0.05) is 70.7 Å². The molecule has 0 aliphatic rings. The molecule has 7 nitrogen and oxygen atoms in total. The van der Waals surface area contributed by atoms with Crippen LogP contribution >= 0.6 is 23.1 Å². The molecule has 0 unspecified atom stereocenters. The molecule has 9 heteroatoms. The Bertz CT molecular complexity index is 1150. The summed E-state index contributed by atoms with van der Waals surface area (Å²) in [7, 11) is 0. The van der Waals surface area contributed by atoms with Gasteiger partial charge >= 0.3 is 0 Å². The Morgan fingerprint density at radius 2 is 1.84 bits per heavy atom. The molecule has 2 aromatic heterocycles. The molecule has 0 aliphatic heterocycles. The van der Waals surface area contributed by atoms with E-state index in [1.54, 1.807) is 11.8 Å². The molecule has 1 amide bonds. The third-order valence-corrected chi connectivity index (χ3v) is 6.75. The maximum Gasteiger partial charge on any atom is 0.230 e. The van der Waals surface area contributed by atoms with Crippen molar-refractivity contribution in [1.82, 2.24) is 15.4 Å². The summed E-state index contributed by atoms with van der Waals surface area (Å²) in [6.45, 7) is 4.14. The average molecular weight is 467 g/mol. The molecular weight excluding hydrogens is 444 g/mol.